The first-order valence-corrected chi connectivity index (χ1v) is 13.2. The lowest BCUT2D eigenvalue weighted by Gasteiger charge is -2.22. The molecule has 0 rings (SSSR count). The van der Waals surface area contributed by atoms with Crippen LogP contribution in [0.15, 0.2) is 0 Å². The molecule has 4 heteroatoms. The highest BCUT2D eigenvalue weighted by molar-refractivity contribution is 5.76. The topological polar surface area (TPSA) is 69.6 Å². The van der Waals surface area contributed by atoms with Gasteiger partial charge in [0.05, 0.1) is 18.8 Å². The summed E-state index contributed by atoms with van der Waals surface area (Å²) < 4.78 is 0. The average molecular weight is 428 g/mol. The van der Waals surface area contributed by atoms with Crippen molar-refractivity contribution in [2.24, 2.45) is 0 Å². The molecule has 0 heterocycles. The quantitative estimate of drug-likeness (QED) is 0.160. The highest BCUT2D eigenvalue weighted by Crippen LogP contribution is 2.13. The molecule has 2 atom stereocenters. The summed E-state index contributed by atoms with van der Waals surface area (Å²) in [6, 6.07) is -0.523. The zero-order chi connectivity index (χ0) is 22.3. The van der Waals surface area contributed by atoms with Gasteiger partial charge in [0.15, 0.2) is 0 Å². The molecule has 0 aromatic carbocycles. The van der Waals surface area contributed by atoms with Crippen molar-refractivity contribution in [1.82, 2.24) is 5.32 Å². The van der Waals surface area contributed by atoms with E-state index in [1.165, 1.54) is 89.9 Å². The Bertz CT molecular complexity index is 362. The Morgan fingerprint density at radius 1 is 0.667 bits per heavy atom. The number of rotatable bonds is 23. The third kappa shape index (κ3) is 19.4. The van der Waals surface area contributed by atoms with Crippen LogP contribution in [0, 0.1) is 0 Å². The number of hydrogen-bond donors (Lipinski definition) is 3. The number of nitrogens with one attached hydrogen (secondary N) is 1. The van der Waals surface area contributed by atoms with Crippen LogP contribution in [0.5, 0.6) is 0 Å². The van der Waals surface area contributed by atoms with Crippen molar-refractivity contribution >= 4 is 5.91 Å². The standard InChI is InChI=1S/C26H53NO3/c1-3-5-7-9-10-11-12-13-14-15-16-18-20-22-26(30)27-24(23-28)25(29)21-19-17-8-6-4-2/h24-25,28-29H,3-23H2,1-2H3,(H,27,30). The van der Waals surface area contributed by atoms with Gasteiger partial charge in [0, 0.05) is 6.42 Å². The van der Waals surface area contributed by atoms with Crippen LogP contribution in [0.3, 0.4) is 0 Å². The lowest BCUT2D eigenvalue weighted by atomic mass is 10.0. The van der Waals surface area contributed by atoms with Gasteiger partial charge in [0.25, 0.3) is 0 Å². The first kappa shape index (κ1) is 29.4. The third-order valence-electron chi connectivity index (χ3n) is 6.12. The summed E-state index contributed by atoms with van der Waals surface area (Å²) in [4.78, 5) is 12.1. The maximum Gasteiger partial charge on any atom is 0.220 e. The second-order valence-corrected chi connectivity index (χ2v) is 9.12. The molecule has 0 fully saturated rings. The fraction of sp³-hybridized carbons (Fsp3) is 0.962. The minimum absolute atomic E-state index is 0.0397. The summed E-state index contributed by atoms with van der Waals surface area (Å²) >= 11 is 0. The molecule has 2 unspecified atom stereocenters. The SMILES string of the molecule is CCCCCCCCCCCCCCCC(=O)NC(CO)C(O)CCCCCCC. The largest absolute Gasteiger partial charge is 0.394 e. The van der Waals surface area contributed by atoms with Crippen molar-refractivity contribution in [1.29, 1.82) is 0 Å². The van der Waals surface area contributed by atoms with Crippen LogP contribution in [0.25, 0.3) is 0 Å². The predicted molar refractivity (Wildman–Crippen MR) is 129 cm³/mol. The summed E-state index contributed by atoms with van der Waals surface area (Å²) in [7, 11) is 0. The molecule has 0 saturated carbocycles. The van der Waals surface area contributed by atoms with Gasteiger partial charge in [-0.2, -0.15) is 0 Å². The average Bonchev–Trinajstić information content (AvgIpc) is 2.75. The van der Waals surface area contributed by atoms with Crippen LogP contribution < -0.4 is 5.32 Å². The molecule has 0 aromatic heterocycles. The Kier molecular flexibility index (Phi) is 22.6. The van der Waals surface area contributed by atoms with Gasteiger partial charge < -0.3 is 15.5 Å². The summed E-state index contributed by atoms with van der Waals surface area (Å²) in [6.45, 7) is 4.25. The summed E-state index contributed by atoms with van der Waals surface area (Å²) in [6.07, 6.45) is 23.0. The molecule has 0 aromatic rings. The molecule has 0 aliphatic heterocycles. The lowest BCUT2D eigenvalue weighted by molar-refractivity contribution is -0.123. The number of amides is 1. The minimum atomic E-state index is -0.646. The molecule has 0 radical (unpaired) electrons. The zero-order valence-corrected chi connectivity index (χ0v) is 20.3. The van der Waals surface area contributed by atoms with Crippen LogP contribution in [-0.4, -0.2) is 34.9 Å². The van der Waals surface area contributed by atoms with Gasteiger partial charge >= 0.3 is 0 Å². The fourth-order valence-corrected chi connectivity index (χ4v) is 4.00. The van der Waals surface area contributed by atoms with E-state index in [1.807, 2.05) is 0 Å². The predicted octanol–water partition coefficient (Wildman–Crippen LogP) is 6.67. The first-order valence-electron chi connectivity index (χ1n) is 13.2. The summed E-state index contributed by atoms with van der Waals surface area (Å²) in [5.74, 6) is -0.0397. The van der Waals surface area contributed by atoms with Gasteiger partial charge in [0.2, 0.25) is 5.91 Å². The molecule has 4 nitrogen and oxygen atoms in total. The van der Waals surface area contributed by atoms with E-state index >= 15 is 0 Å². The number of carbonyl (C=O) groups excluding carboxylic acids is 1. The molecule has 0 bridgehead atoms. The molecule has 0 saturated heterocycles. The molecule has 0 aliphatic rings. The van der Waals surface area contributed by atoms with Crippen molar-refractivity contribution in [3.05, 3.63) is 0 Å². The highest BCUT2D eigenvalue weighted by Gasteiger charge is 2.19. The number of carbonyl (C=O) groups is 1. The van der Waals surface area contributed by atoms with E-state index in [9.17, 15) is 15.0 Å². The van der Waals surface area contributed by atoms with Gasteiger partial charge in [-0.1, -0.05) is 123 Å². The van der Waals surface area contributed by atoms with E-state index in [0.29, 0.717) is 12.8 Å². The minimum Gasteiger partial charge on any atom is -0.394 e. The van der Waals surface area contributed by atoms with E-state index in [0.717, 1.165) is 25.7 Å². The second kappa shape index (κ2) is 23.1. The molecular formula is C26H53NO3. The van der Waals surface area contributed by atoms with E-state index in [4.69, 9.17) is 0 Å². The Hall–Kier alpha value is -0.610. The smallest absolute Gasteiger partial charge is 0.220 e. The molecule has 1 amide bonds. The van der Waals surface area contributed by atoms with Gasteiger partial charge in [-0.05, 0) is 12.8 Å². The Balaban J connectivity index is 3.55. The molecule has 3 N–H and O–H groups in total. The summed E-state index contributed by atoms with van der Waals surface area (Å²) in [5, 5.41) is 22.5. The molecule has 0 spiro atoms. The van der Waals surface area contributed by atoms with Crippen LogP contribution in [0.1, 0.15) is 142 Å². The van der Waals surface area contributed by atoms with Crippen molar-refractivity contribution in [3.8, 4) is 0 Å². The van der Waals surface area contributed by atoms with E-state index in [-0.39, 0.29) is 12.5 Å². The number of aliphatic hydroxyl groups excluding tert-OH is 2. The van der Waals surface area contributed by atoms with Gasteiger partial charge in [-0.25, -0.2) is 0 Å². The maximum atomic E-state index is 12.1. The van der Waals surface area contributed by atoms with Crippen LogP contribution >= 0.6 is 0 Å². The van der Waals surface area contributed by atoms with Crippen molar-refractivity contribution in [2.45, 2.75) is 154 Å². The fourth-order valence-electron chi connectivity index (χ4n) is 4.00. The number of unbranched alkanes of at least 4 members (excludes halogenated alkanes) is 16. The Labute approximate surface area is 187 Å². The molecule has 180 valence electrons. The van der Waals surface area contributed by atoms with Crippen LogP contribution in [0.4, 0.5) is 0 Å². The zero-order valence-electron chi connectivity index (χ0n) is 20.3. The second-order valence-electron chi connectivity index (χ2n) is 9.12. The lowest BCUT2D eigenvalue weighted by Crippen LogP contribution is -2.45. The highest BCUT2D eigenvalue weighted by atomic mass is 16.3. The Morgan fingerprint density at radius 2 is 1.07 bits per heavy atom. The van der Waals surface area contributed by atoms with E-state index in [2.05, 4.69) is 19.2 Å². The molecular weight excluding hydrogens is 374 g/mol. The number of hydrogen-bond acceptors (Lipinski definition) is 3. The van der Waals surface area contributed by atoms with Gasteiger partial charge in [0.1, 0.15) is 0 Å². The monoisotopic (exact) mass is 427 g/mol. The van der Waals surface area contributed by atoms with Crippen molar-refractivity contribution < 1.29 is 15.0 Å². The normalized spacial score (nSPS) is 13.3. The third-order valence-corrected chi connectivity index (χ3v) is 6.12. The summed E-state index contributed by atoms with van der Waals surface area (Å²) in [5.41, 5.74) is 0. The Morgan fingerprint density at radius 3 is 1.50 bits per heavy atom. The van der Waals surface area contributed by atoms with E-state index in [1.54, 1.807) is 0 Å². The van der Waals surface area contributed by atoms with Crippen LogP contribution in [0.2, 0.25) is 0 Å². The van der Waals surface area contributed by atoms with Crippen molar-refractivity contribution in [2.75, 3.05) is 6.61 Å². The first-order chi connectivity index (χ1) is 14.7. The molecule has 0 aliphatic carbocycles. The maximum absolute atomic E-state index is 12.1. The van der Waals surface area contributed by atoms with Crippen LogP contribution in [-0.2, 0) is 4.79 Å². The van der Waals surface area contributed by atoms with Gasteiger partial charge in [-0.15, -0.1) is 0 Å². The molecule has 30 heavy (non-hydrogen) atoms. The van der Waals surface area contributed by atoms with E-state index < -0.39 is 12.1 Å². The van der Waals surface area contributed by atoms with Gasteiger partial charge in [-0.3, -0.25) is 4.79 Å². The van der Waals surface area contributed by atoms with Crippen molar-refractivity contribution in [3.63, 3.8) is 0 Å². The number of aliphatic hydroxyl groups is 2.